The molecule has 0 aromatic heterocycles. The molecule has 1 aromatic carbocycles. The van der Waals surface area contributed by atoms with Gasteiger partial charge in [0.05, 0.1) is 12.5 Å². The summed E-state index contributed by atoms with van der Waals surface area (Å²) in [5.41, 5.74) is 0.920. The predicted molar refractivity (Wildman–Crippen MR) is 87.2 cm³/mol. The van der Waals surface area contributed by atoms with Crippen molar-refractivity contribution < 1.29 is 9.53 Å². The Balaban J connectivity index is 0.00000220. The fourth-order valence-corrected chi connectivity index (χ4v) is 2.61. The molecule has 1 saturated heterocycles. The van der Waals surface area contributed by atoms with Crippen LogP contribution in [0.2, 0.25) is 0 Å². The minimum atomic E-state index is -0.257. The number of hydrogen-bond donors (Lipinski definition) is 2. The largest absolute Gasteiger partial charge is 0.497 e. The van der Waals surface area contributed by atoms with Gasteiger partial charge >= 0.3 is 0 Å². The van der Waals surface area contributed by atoms with Gasteiger partial charge in [0.15, 0.2) is 0 Å². The summed E-state index contributed by atoms with van der Waals surface area (Å²) in [6.45, 7) is 4.51. The van der Waals surface area contributed by atoms with Crippen LogP contribution in [0.5, 0.6) is 5.75 Å². The summed E-state index contributed by atoms with van der Waals surface area (Å²) in [4.78, 5) is 12.3. The van der Waals surface area contributed by atoms with Crippen LogP contribution in [0.1, 0.15) is 25.3 Å². The van der Waals surface area contributed by atoms with E-state index in [9.17, 15) is 4.79 Å². The number of halogens is 1. The maximum Gasteiger partial charge on any atom is 0.227 e. The molecule has 0 aliphatic carbocycles. The van der Waals surface area contributed by atoms with E-state index >= 15 is 0 Å². The summed E-state index contributed by atoms with van der Waals surface area (Å²) >= 11 is 0. The SMILES string of the molecule is COc1cccc(CCNC(=O)C2(C)CCCNC2)c1.Cl. The minimum Gasteiger partial charge on any atom is -0.497 e. The van der Waals surface area contributed by atoms with Crippen LogP contribution >= 0.6 is 12.4 Å². The van der Waals surface area contributed by atoms with Crippen LogP contribution in [-0.2, 0) is 11.2 Å². The Morgan fingerprint density at radius 1 is 1.48 bits per heavy atom. The van der Waals surface area contributed by atoms with Gasteiger partial charge in [-0.1, -0.05) is 12.1 Å². The first-order valence-electron chi connectivity index (χ1n) is 7.26. The van der Waals surface area contributed by atoms with E-state index in [-0.39, 0.29) is 23.7 Å². The molecule has 1 aliphatic heterocycles. The number of amides is 1. The molecule has 118 valence electrons. The smallest absolute Gasteiger partial charge is 0.227 e. The highest BCUT2D eigenvalue weighted by Crippen LogP contribution is 2.25. The Morgan fingerprint density at radius 2 is 2.29 bits per heavy atom. The van der Waals surface area contributed by atoms with Gasteiger partial charge < -0.3 is 15.4 Å². The monoisotopic (exact) mass is 312 g/mol. The van der Waals surface area contributed by atoms with Gasteiger partial charge in [-0.25, -0.2) is 0 Å². The predicted octanol–water partition coefficient (Wildman–Crippen LogP) is 2.17. The normalized spacial score (nSPS) is 21.2. The van der Waals surface area contributed by atoms with Crippen LogP contribution in [-0.4, -0.2) is 32.7 Å². The third-order valence-corrected chi connectivity index (χ3v) is 3.98. The Hall–Kier alpha value is -1.26. The van der Waals surface area contributed by atoms with Gasteiger partial charge in [0, 0.05) is 13.1 Å². The van der Waals surface area contributed by atoms with Gasteiger partial charge in [0.2, 0.25) is 5.91 Å². The summed E-state index contributed by atoms with van der Waals surface area (Å²) in [5.74, 6) is 1.02. The maximum absolute atomic E-state index is 12.3. The van der Waals surface area contributed by atoms with E-state index in [1.807, 2.05) is 25.1 Å². The van der Waals surface area contributed by atoms with Crippen molar-refractivity contribution in [2.45, 2.75) is 26.2 Å². The average molecular weight is 313 g/mol. The number of ether oxygens (including phenoxy) is 1. The van der Waals surface area contributed by atoms with Gasteiger partial charge in [0.25, 0.3) is 0 Å². The van der Waals surface area contributed by atoms with E-state index in [0.717, 1.165) is 38.1 Å². The highest BCUT2D eigenvalue weighted by atomic mass is 35.5. The first-order valence-corrected chi connectivity index (χ1v) is 7.26. The molecule has 0 saturated carbocycles. The van der Waals surface area contributed by atoms with Crippen LogP contribution in [0.15, 0.2) is 24.3 Å². The van der Waals surface area contributed by atoms with Crippen LogP contribution in [0.3, 0.4) is 0 Å². The molecular weight excluding hydrogens is 288 g/mol. The fourth-order valence-electron chi connectivity index (χ4n) is 2.61. The Kier molecular flexibility index (Phi) is 6.99. The lowest BCUT2D eigenvalue weighted by Gasteiger charge is -2.32. The number of rotatable bonds is 5. The summed E-state index contributed by atoms with van der Waals surface area (Å²) in [7, 11) is 1.66. The van der Waals surface area contributed by atoms with E-state index in [1.165, 1.54) is 5.56 Å². The standard InChI is InChI=1S/C16H24N2O2.ClH/c1-16(8-4-9-17-12-16)15(19)18-10-7-13-5-3-6-14(11-13)20-2;/h3,5-6,11,17H,4,7-10,12H2,1-2H3,(H,18,19);1H. The van der Waals surface area contributed by atoms with Gasteiger partial charge in [0.1, 0.15) is 5.75 Å². The highest BCUT2D eigenvalue weighted by Gasteiger charge is 2.34. The quantitative estimate of drug-likeness (QED) is 0.876. The molecule has 0 bridgehead atoms. The maximum atomic E-state index is 12.3. The molecular formula is C16H25ClN2O2. The van der Waals surface area contributed by atoms with Crippen LogP contribution in [0, 0.1) is 5.41 Å². The zero-order valence-corrected chi connectivity index (χ0v) is 13.6. The molecule has 1 amide bonds. The van der Waals surface area contributed by atoms with E-state index < -0.39 is 0 Å². The molecule has 2 N–H and O–H groups in total. The lowest BCUT2D eigenvalue weighted by molar-refractivity contribution is -0.131. The zero-order valence-electron chi connectivity index (χ0n) is 12.8. The van der Waals surface area contributed by atoms with Crippen molar-refractivity contribution >= 4 is 18.3 Å². The molecule has 1 unspecified atom stereocenters. The molecule has 0 radical (unpaired) electrons. The molecule has 2 rings (SSSR count). The topological polar surface area (TPSA) is 50.4 Å². The summed E-state index contributed by atoms with van der Waals surface area (Å²) in [5, 5.41) is 6.36. The third kappa shape index (κ3) is 4.90. The van der Waals surface area contributed by atoms with Gasteiger partial charge in [-0.15, -0.1) is 12.4 Å². The Bertz CT molecular complexity index is 459. The third-order valence-electron chi connectivity index (χ3n) is 3.98. The van der Waals surface area contributed by atoms with Crippen LogP contribution < -0.4 is 15.4 Å². The van der Waals surface area contributed by atoms with E-state index in [1.54, 1.807) is 7.11 Å². The van der Waals surface area contributed by atoms with Crippen molar-refractivity contribution in [3.05, 3.63) is 29.8 Å². The summed E-state index contributed by atoms with van der Waals surface area (Å²) in [6, 6.07) is 7.97. The molecule has 0 spiro atoms. The molecule has 1 fully saturated rings. The Morgan fingerprint density at radius 3 is 2.95 bits per heavy atom. The molecule has 1 atom stereocenters. The van der Waals surface area contributed by atoms with Crippen molar-refractivity contribution in [1.82, 2.24) is 10.6 Å². The summed E-state index contributed by atoms with van der Waals surface area (Å²) in [6.07, 6.45) is 2.86. The second-order valence-electron chi connectivity index (χ2n) is 5.70. The van der Waals surface area contributed by atoms with Crippen molar-refractivity contribution in [1.29, 1.82) is 0 Å². The lowest BCUT2D eigenvalue weighted by atomic mass is 9.82. The number of benzene rings is 1. The minimum absolute atomic E-state index is 0. The highest BCUT2D eigenvalue weighted by molar-refractivity contribution is 5.85. The van der Waals surface area contributed by atoms with Gasteiger partial charge in [-0.3, -0.25) is 4.79 Å². The van der Waals surface area contributed by atoms with Crippen molar-refractivity contribution in [2.24, 2.45) is 5.41 Å². The lowest BCUT2D eigenvalue weighted by Crippen LogP contribution is -2.49. The van der Waals surface area contributed by atoms with Crippen molar-refractivity contribution in [2.75, 3.05) is 26.7 Å². The molecule has 5 heteroatoms. The second kappa shape index (κ2) is 8.25. The number of hydrogen-bond acceptors (Lipinski definition) is 3. The van der Waals surface area contributed by atoms with Gasteiger partial charge in [-0.05, 0) is 50.4 Å². The number of carbonyl (C=O) groups is 1. The number of methoxy groups -OCH3 is 1. The van der Waals surface area contributed by atoms with Gasteiger partial charge in [-0.2, -0.15) is 0 Å². The molecule has 21 heavy (non-hydrogen) atoms. The molecule has 1 heterocycles. The molecule has 1 aromatic rings. The van der Waals surface area contributed by atoms with E-state index in [4.69, 9.17) is 4.74 Å². The summed E-state index contributed by atoms with van der Waals surface area (Å²) < 4.78 is 5.20. The van der Waals surface area contributed by atoms with Crippen LogP contribution in [0.4, 0.5) is 0 Å². The number of piperidine rings is 1. The second-order valence-corrected chi connectivity index (χ2v) is 5.70. The molecule has 1 aliphatic rings. The van der Waals surface area contributed by atoms with Crippen LogP contribution in [0.25, 0.3) is 0 Å². The first kappa shape index (κ1) is 17.8. The fraction of sp³-hybridized carbons (Fsp3) is 0.562. The van der Waals surface area contributed by atoms with E-state index in [0.29, 0.717) is 6.54 Å². The van der Waals surface area contributed by atoms with E-state index in [2.05, 4.69) is 16.7 Å². The average Bonchev–Trinajstić information content (AvgIpc) is 2.48. The zero-order chi connectivity index (χ0) is 14.4. The van der Waals surface area contributed by atoms with Crippen molar-refractivity contribution in [3.8, 4) is 5.75 Å². The van der Waals surface area contributed by atoms with Crippen molar-refractivity contribution in [3.63, 3.8) is 0 Å². The first-order chi connectivity index (χ1) is 9.64. The Labute approximate surface area is 133 Å². The number of nitrogens with one attached hydrogen (secondary N) is 2. The molecule has 4 nitrogen and oxygen atoms in total. The number of carbonyl (C=O) groups excluding carboxylic acids is 1.